The minimum atomic E-state index is -3.49. The maximum Gasteiger partial charge on any atom is 0.251 e. The van der Waals surface area contributed by atoms with Gasteiger partial charge in [-0.3, -0.25) is 4.79 Å². The maximum atomic E-state index is 12.8. The minimum absolute atomic E-state index is 0.0265. The summed E-state index contributed by atoms with van der Waals surface area (Å²) in [6.07, 6.45) is 2.87. The monoisotopic (exact) mass is 352 g/mol. The van der Waals surface area contributed by atoms with Gasteiger partial charge in [0.1, 0.15) is 0 Å². The van der Waals surface area contributed by atoms with Crippen LogP contribution in [0.3, 0.4) is 0 Å². The van der Waals surface area contributed by atoms with E-state index in [9.17, 15) is 13.2 Å². The van der Waals surface area contributed by atoms with Gasteiger partial charge in [0.05, 0.1) is 4.90 Å². The van der Waals surface area contributed by atoms with Gasteiger partial charge in [-0.15, -0.1) is 0 Å². The molecule has 134 valence electrons. The lowest BCUT2D eigenvalue weighted by Crippen LogP contribution is -2.41. The number of nitrogens with one attached hydrogen (secondary N) is 1. The Kier molecular flexibility index (Phi) is 6.04. The molecule has 1 aromatic carbocycles. The largest absolute Gasteiger partial charge is 0.349 e. The molecule has 0 bridgehead atoms. The second kappa shape index (κ2) is 7.66. The number of carbonyl (C=O) groups is 1. The smallest absolute Gasteiger partial charge is 0.251 e. The molecule has 24 heavy (non-hydrogen) atoms. The van der Waals surface area contributed by atoms with E-state index in [2.05, 4.69) is 5.32 Å². The van der Waals surface area contributed by atoms with Crippen LogP contribution in [0.1, 0.15) is 57.3 Å². The number of hydrogen-bond donors (Lipinski definition) is 1. The van der Waals surface area contributed by atoms with Crippen LogP contribution < -0.4 is 5.32 Å². The number of sulfonamides is 1. The summed E-state index contributed by atoms with van der Waals surface area (Å²) in [5.41, 5.74) is 0.480. The molecule has 1 aliphatic rings. The molecule has 2 unspecified atom stereocenters. The molecule has 1 heterocycles. The molecule has 1 aliphatic heterocycles. The Morgan fingerprint density at radius 2 is 1.79 bits per heavy atom. The molecule has 1 saturated heterocycles. The SMILES string of the molecule is CC(C)C(C)NC(=O)c1ccc(S(=O)(=O)N2CCCCC2C)cc1. The molecule has 0 radical (unpaired) electrons. The molecule has 2 atom stereocenters. The second-order valence-electron chi connectivity index (χ2n) is 6.99. The van der Waals surface area contributed by atoms with Crippen molar-refractivity contribution in [1.82, 2.24) is 9.62 Å². The van der Waals surface area contributed by atoms with Crippen LogP contribution in [-0.2, 0) is 10.0 Å². The van der Waals surface area contributed by atoms with Gasteiger partial charge in [-0.1, -0.05) is 20.3 Å². The first-order chi connectivity index (χ1) is 11.2. The minimum Gasteiger partial charge on any atom is -0.349 e. The Hall–Kier alpha value is -1.40. The zero-order valence-corrected chi connectivity index (χ0v) is 15.8. The standard InChI is InChI=1S/C18H28N2O3S/c1-13(2)15(4)19-18(21)16-8-10-17(11-9-16)24(22,23)20-12-6-5-7-14(20)3/h8-11,13-15H,5-7,12H2,1-4H3,(H,19,21). The average Bonchev–Trinajstić information content (AvgIpc) is 2.55. The lowest BCUT2D eigenvalue weighted by Gasteiger charge is -2.32. The van der Waals surface area contributed by atoms with E-state index < -0.39 is 10.0 Å². The number of benzene rings is 1. The van der Waals surface area contributed by atoms with Gasteiger partial charge in [-0.25, -0.2) is 8.42 Å². The van der Waals surface area contributed by atoms with E-state index in [1.807, 2.05) is 27.7 Å². The van der Waals surface area contributed by atoms with Crippen molar-refractivity contribution in [3.05, 3.63) is 29.8 Å². The van der Waals surface area contributed by atoms with Gasteiger partial charge in [0.2, 0.25) is 10.0 Å². The van der Waals surface area contributed by atoms with Crippen molar-refractivity contribution in [2.45, 2.75) is 63.9 Å². The van der Waals surface area contributed by atoms with E-state index in [1.165, 1.54) is 12.1 Å². The lowest BCUT2D eigenvalue weighted by molar-refractivity contribution is 0.0930. The van der Waals surface area contributed by atoms with Crippen molar-refractivity contribution >= 4 is 15.9 Å². The van der Waals surface area contributed by atoms with Crippen LogP contribution in [-0.4, -0.2) is 37.3 Å². The number of carbonyl (C=O) groups excluding carboxylic acids is 1. The van der Waals surface area contributed by atoms with Crippen molar-refractivity contribution in [2.75, 3.05) is 6.54 Å². The molecule has 2 rings (SSSR count). The van der Waals surface area contributed by atoms with Crippen molar-refractivity contribution in [3.8, 4) is 0 Å². The fourth-order valence-corrected chi connectivity index (χ4v) is 4.50. The molecule has 0 spiro atoms. The second-order valence-corrected chi connectivity index (χ2v) is 8.88. The van der Waals surface area contributed by atoms with Crippen molar-refractivity contribution in [1.29, 1.82) is 0 Å². The number of piperidine rings is 1. The predicted octanol–water partition coefficient (Wildman–Crippen LogP) is 3.02. The van der Waals surface area contributed by atoms with Crippen LogP contribution in [0.2, 0.25) is 0 Å². The molecule has 6 heteroatoms. The van der Waals surface area contributed by atoms with Crippen LogP contribution >= 0.6 is 0 Å². The van der Waals surface area contributed by atoms with Crippen molar-refractivity contribution in [2.24, 2.45) is 5.92 Å². The Morgan fingerprint density at radius 1 is 1.17 bits per heavy atom. The summed E-state index contributed by atoms with van der Waals surface area (Å²) < 4.78 is 27.1. The van der Waals surface area contributed by atoms with Crippen LogP contribution in [0.5, 0.6) is 0 Å². The highest BCUT2D eigenvalue weighted by atomic mass is 32.2. The molecule has 1 N–H and O–H groups in total. The third-order valence-electron chi connectivity index (χ3n) is 4.82. The average molecular weight is 353 g/mol. The highest BCUT2D eigenvalue weighted by Gasteiger charge is 2.30. The van der Waals surface area contributed by atoms with Crippen LogP contribution in [0, 0.1) is 5.92 Å². The first-order valence-electron chi connectivity index (χ1n) is 8.66. The Balaban J connectivity index is 2.15. The Morgan fingerprint density at radius 3 is 2.33 bits per heavy atom. The number of amides is 1. The number of rotatable bonds is 5. The Bertz CT molecular complexity index is 668. The predicted molar refractivity (Wildman–Crippen MR) is 95.4 cm³/mol. The van der Waals surface area contributed by atoms with Crippen LogP contribution in [0.15, 0.2) is 29.2 Å². The van der Waals surface area contributed by atoms with Crippen molar-refractivity contribution in [3.63, 3.8) is 0 Å². The number of hydrogen-bond acceptors (Lipinski definition) is 3. The summed E-state index contributed by atoms with van der Waals surface area (Å²) in [6, 6.07) is 6.33. The molecule has 1 amide bonds. The molecule has 5 nitrogen and oxygen atoms in total. The fraction of sp³-hybridized carbons (Fsp3) is 0.611. The van der Waals surface area contributed by atoms with Crippen LogP contribution in [0.25, 0.3) is 0 Å². The van der Waals surface area contributed by atoms with E-state index >= 15 is 0 Å². The van der Waals surface area contributed by atoms with Gasteiger partial charge in [-0.2, -0.15) is 4.31 Å². The summed E-state index contributed by atoms with van der Waals surface area (Å²) in [4.78, 5) is 12.5. The summed E-state index contributed by atoms with van der Waals surface area (Å²) >= 11 is 0. The highest BCUT2D eigenvalue weighted by molar-refractivity contribution is 7.89. The molecule has 0 aliphatic carbocycles. The van der Waals surface area contributed by atoms with Gasteiger partial charge in [0, 0.05) is 24.2 Å². The summed E-state index contributed by atoms with van der Waals surface area (Å²) in [6.45, 7) is 8.56. The third kappa shape index (κ3) is 4.16. The van der Waals surface area contributed by atoms with Gasteiger partial charge in [0.25, 0.3) is 5.91 Å². The quantitative estimate of drug-likeness (QED) is 0.886. The maximum absolute atomic E-state index is 12.8. The highest BCUT2D eigenvalue weighted by Crippen LogP contribution is 2.25. The zero-order valence-electron chi connectivity index (χ0n) is 15.0. The molecule has 1 aromatic rings. The molecule has 0 aromatic heterocycles. The lowest BCUT2D eigenvalue weighted by atomic mass is 10.1. The first kappa shape index (κ1) is 18.9. The topological polar surface area (TPSA) is 66.5 Å². The van der Waals surface area contributed by atoms with E-state index in [0.29, 0.717) is 18.0 Å². The van der Waals surface area contributed by atoms with Gasteiger partial charge in [-0.05, 0) is 56.9 Å². The molecule has 0 saturated carbocycles. The van der Waals surface area contributed by atoms with Crippen LogP contribution in [0.4, 0.5) is 0 Å². The summed E-state index contributed by atoms with van der Waals surface area (Å²) in [7, 11) is -3.49. The molecule has 1 fully saturated rings. The number of nitrogens with zero attached hydrogens (tertiary/aromatic N) is 1. The molecular weight excluding hydrogens is 324 g/mol. The zero-order chi connectivity index (χ0) is 17.9. The third-order valence-corrected chi connectivity index (χ3v) is 6.85. The van der Waals surface area contributed by atoms with E-state index in [4.69, 9.17) is 0 Å². The first-order valence-corrected chi connectivity index (χ1v) is 10.1. The Labute approximate surface area is 145 Å². The van der Waals surface area contributed by atoms with E-state index in [0.717, 1.165) is 19.3 Å². The normalized spacial score (nSPS) is 20.8. The summed E-state index contributed by atoms with van der Waals surface area (Å²) in [5, 5.41) is 2.93. The fourth-order valence-electron chi connectivity index (χ4n) is 2.80. The van der Waals surface area contributed by atoms with Gasteiger partial charge in [0.15, 0.2) is 0 Å². The van der Waals surface area contributed by atoms with Crippen molar-refractivity contribution < 1.29 is 13.2 Å². The van der Waals surface area contributed by atoms with Gasteiger partial charge < -0.3 is 5.32 Å². The van der Waals surface area contributed by atoms with E-state index in [1.54, 1.807) is 16.4 Å². The van der Waals surface area contributed by atoms with Gasteiger partial charge >= 0.3 is 0 Å². The van der Waals surface area contributed by atoms with E-state index in [-0.39, 0.29) is 22.9 Å². The summed E-state index contributed by atoms with van der Waals surface area (Å²) in [5.74, 6) is 0.167. The molecular formula is C18H28N2O3S.